The molecular weight excluding hydrogens is 324 g/mol. The Hall–Kier alpha value is -1.53. The number of nitrogens with one attached hydrogen (secondary N) is 1. The van der Waals surface area contributed by atoms with E-state index in [1.54, 1.807) is 12.3 Å². The van der Waals surface area contributed by atoms with Gasteiger partial charge in [0.25, 0.3) is 0 Å². The van der Waals surface area contributed by atoms with E-state index in [4.69, 9.17) is 18.0 Å². The second kappa shape index (κ2) is 6.08. The van der Waals surface area contributed by atoms with Crippen molar-refractivity contribution in [2.75, 3.05) is 5.32 Å². The molecule has 4 nitrogen and oxygen atoms in total. The van der Waals surface area contributed by atoms with E-state index in [9.17, 15) is 0 Å². The number of thiocarbonyl (C=S) groups is 1. The Labute approximate surface area is 125 Å². The zero-order valence-electron chi connectivity index (χ0n) is 10.3. The van der Waals surface area contributed by atoms with Gasteiger partial charge >= 0.3 is 0 Å². The average molecular weight is 337 g/mol. The summed E-state index contributed by atoms with van der Waals surface area (Å²) in [5.41, 5.74) is 7.50. The van der Waals surface area contributed by atoms with Gasteiger partial charge in [-0.25, -0.2) is 0 Å². The molecule has 0 radical (unpaired) electrons. The summed E-state index contributed by atoms with van der Waals surface area (Å²) in [6.07, 6.45) is 1.57. The standard InChI is InChI=1S/C13H13BrN4S/c1-8(9-3-2-4-10(14)7-9)17-13-11(12(15)19)5-6-16-18-13/h2-8H,1H3,(H2,15,19)(H,17,18). The van der Waals surface area contributed by atoms with Crippen LogP contribution in [0.2, 0.25) is 0 Å². The third kappa shape index (κ3) is 3.48. The first-order valence-electron chi connectivity index (χ1n) is 5.71. The van der Waals surface area contributed by atoms with Gasteiger partial charge in [0.05, 0.1) is 17.8 Å². The quantitative estimate of drug-likeness (QED) is 0.840. The molecule has 0 saturated heterocycles. The van der Waals surface area contributed by atoms with Crippen molar-refractivity contribution in [2.24, 2.45) is 5.73 Å². The van der Waals surface area contributed by atoms with E-state index in [0.29, 0.717) is 16.4 Å². The first-order valence-corrected chi connectivity index (χ1v) is 6.91. The number of benzene rings is 1. The number of aromatic nitrogens is 2. The van der Waals surface area contributed by atoms with Gasteiger partial charge in [0.15, 0.2) is 5.82 Å². The van der Waals surface area contributed by atoms with Gasteiger partial charge in [-0.3, -0.25) is 0 Å². The lowest BCUT2D eigenvalue weighted by Gasteiger charge is -2.16. The Bertz CT molecular complexity index is 603. The van der Waals surface area contributed by atoms with Gasteiger partial charge in [-0.05, 0) is 30.7 Å². The zero-order chi connectivity index (χ0) is 13.8. The molecule has 1 aromatic carbocycles. The normalized spacial score (nSPS) is 11.9. The Morgan fingerprint density at radius 1 is 1.42 bits per heavy atom. The molecule has 1 heterocycles. The summed E-state index contributed by atoms with van der Waals surface area (Å²) in [6.45, 7) is 2.04. The van der Waals surface area contributed by atoms with Crippen molar-refractivity contribution in [3.05, 3.63) is 52.1 Å². The first kappa shape index (κ1) is 13.9. The monoisotopic (exact) mass is 336 g/mol. The minimum Gasteiger partial charge on any atom is -0.389 e. The van der Waals surface area contributed by atoms with Crippen LogP contribution in [0.25, 0.3) is 0 Å². The molecule has 1 unspecified atom stereocenters. The number of nitrogens with two attached hydrogens (primary N) is 1. The molecule has 0 bridgehead atoms. The molecule has 0 spiro atoms. The summed E-state index contributed by atoms with van der Waals surface area (Å²) in [5.74, 6) is 0.600. The van der Waals surface area contributed by atoms with Crippen molar-refractivity contribution in [2.45, 2.75) is 13.0 Å². The van der Waals surface area contributed by atoms with Crippen LogP contribution < -0.4 is 11.1 Å². The van der Waals surface area contributed by atoms with Crippen LogP contribution >= 0.6 is 28.1 Å². The van der Waals surface area contributed by atoms with Crippen molar-refractivity contribution < 1.29 is 0 Å². The molecule has 0 aliphatic rings. The molecule has 0 saturated carbocycles. The highest BCUT2D eigenvalue weighted by molar-refractivity contribution is 9.10. The molecule has 1 aromatic heterocycles. The van der Waals surface area contributed by atoms with Crippen molar-refractivity contribution in [1.29, 1.82) is 0 Å². The Morgan fingerprint density at radius 3 is 2.89 bits per heavy atom. The topological polar surface area (TPSA) is 63.8 Å². The molecule has 0 fully saturated rings. The minimum atomic E-state index is 0.0716. The van der Waals surface area contributed by atoms with E-state index < -0.39 is 0 Å². The highest BCUT2D eigenvalue weighted by Crippen LogP contribution is 2.22. The molecule has 0 aliphatic heterocycles. The first-order chi connectivity index (χ1) is 9.08. The van der Waals surface area contributed by atoms with E-state index in [-0.39, 0.29) is 6.04 Å². The highest BCUT2D eigenvalue weighted by Gasteiger charge is 2.11. The van der Waals surface area contributed by atoms with E-state index in [2.05, 4.69) is 37.5 Å². The molecule has 19 heavy (non-hydrogen) atoms. The fourth-order valence-electron chi connectivity index (χ4n) is 1.70. The van der Waals surface area contributed by atoms with Gasteiger partial charge in [-0.15, -0.1) is 5.10 Å². The number of halogens is 1. The molecule has 0 aliphatic carbocycles. The van der Waals surface area contributed by atoms with Gasteiger partial charge in [0.2, 0.25) is 0 Å². The Balaban J connectivity index is 2.24. The molecule has 3 N–H and O–H groups in total. The van der Waals surface area contributed by atoms with E-state index in [0.717, 1.165) is 10.0 Å². The number of hydrogen-bond donors (Lipinski definition) is 2. The van der Waals surface area contributed by atoms with Crippen molar-refractivity contribution in [3.63, 3.8) is 0 Å². The Kier molecular flexibility index (Phi) is 4.44. The second-order valence-electron chi connectivity index (χ2n) is 4.08. The molecule has 2 aromatic rings. The smallest absolute Gasteiger partial charge is 0.159 e. The van der Waals surface area contributed by atoms with E-state index >= 15 is 0 Å². The summed E-state index contributed by atoms with van der Waals surface area (Å²) in [6, 6.07) is 9.89. The molecular formula is C13H13BrN4S. The van der Waals surface area contributed by atoms with Crippen LogP contribution in [-0.2, 0) is 0 Å². The summed E-state index contributed by atoms with van der Waals surface area (Å²) in [5, 5.41) is 11.2. The van der Waals surface area contributed by atoms with Gasteiger partial charge in [-0.2, -0.15) is 5.10 Å². The Morgan fingerprint density at radius 2 is 2.21 bits per heavy atom. The molecule has 98 valence electrons. The van der Waals surface area contributed by atoms with Crippen LogP contribution in [0, 0.1) is 0 Å². The minimum absolute atomic E-state index is 0.0716. The zero-order valence-corrected chi connectivity index (χ0v) is 12.7. The fourth-order valence-corrected chi connectivity index (χ4v) is 2.28. The molecule has 1 atom stereocenters. The average Bonchev–Trinajstić information content (AvgIpc) is 2.39. The molecule has 2 rings (SSSR count). The van der Waals surface area contributed by atoms with Crippen molar-refractivity contribution >= 4 is 39.0 Å². The maximum Gasteiger partial charge on any atom is 0.159 e. The third-order valence-electron chi connectivity index (χ3n) is 2.69. The van der Waals surface area contributed by atoms with Crippen LogP contribution in [0.1, 0.15) is 24.1 Å². The van der Waals surface area contributed by atoms with Gasteiger partial charge < -0.3 is 11.1 Å². The maximum atomic E-state index is 5.67. The van der Waals surface area contributed by atoms with Crippen molar-refractivity contribution in [3.8, 4) is 0 Å². The van der Waals surface area contributed by atoms with E-state index in [1.165, 1.54) is 0 Å². The van der Waals surface area contributed by atoms with Gasteiger partial charge in [-0.1, -0.05) is 40.3 Å². The van der Waals surface area contributed by atoms with Crippen LogP contribution in [0.3, 0.4) is 0 Å². The summed E-state index contributed by atoms with van der Waals surface area (Å²) < 4.78 is 1.03. The lowest BCUT2D eigenvalue weighted by molar-refractivity contribution is 0.859. The third-order valence-corrected chi connectivity index (χ3v) is 3.40. The maximum absolute atomic E-state index is 5.67. The van der Waals surface area contributed by atoms with E-state index in [1.807, 2.05) is 25.1 Å². The summed E-state index contributed by atoms with van der Waals surface area (Å²) in [7, 11) is 0. The predicted molar refractivity (Wildman–Crippen MR) is 84.1 cm³/mol. The SMILES string of the molecule is CC(Nc1nnccc1C(N)=S)c1cccc(Br)c1. The van der Waals surface area contributed by atoms with Crippen LogP contribution in [-0.4, -0.2) is 15.2 Å². The number of hydrogen-bond acceptors (Lipinski definition) is 4. The molecule has 0 amide bonds. The lowest BCUT2D eigenvalue weighted by Crippen LogP contribution is -2.16. The predicted octanol–water partition coefficient (Wildman–Crippen LogP) is 3.05. The van der Waals surface area contributed by atoms with Gasteiger partial charge in [0.1, 0.15) is 4.99 Å². The number of nitrogens with zero attached hydrogens (tertiary/aromatic N) is 2. The van der Waals surface area contributed by atoms with Crippen LogP contribution in [0.4, 0.5) is 5.82 Å². The number of rotatable bonds is 4. The van der Waals surface area contributed by atoms with Gasteiger partial charge in [0, 0.05) is 4.47 Å². The lowest BCUT2D eigenvalue weighted by atomic mass is 10.1. The van der Waals surface area contributed by atoms with Crippen molar-refractivity contribution in [1.82, 2.24) is 10.2 Å². The fraction of sp³-hybridized carbons (Fsp3) is 0.154. The number of anilines is 1. The second-order valence-corrected chi connectivity index (χ2v) is 5.43. The van der Waals surface area contributed by atoms with Crippen LogP contribution in [0.15, 0.2) is 41.0 Å². The summed E-state index contributed by atoms with van der Waals surface area (Å²) >= 11 is 8.46. The molecule has 6 heteroatoms. The highest BCUT2D eigenvalue weighted by atomic mass is 79.9. The largest absolute Gasteiger partial charge is 0.389 e. The summed E-state index contributed by atoms with van der Waals surface area (Å²) in [4.78, 5) is 0.304. The van der Waals surface area contributed by atoms with Crippen LogP contribution in [0.5, 0.6) is 0 Å².